The first-order chi connectivity index (χ1) is 14.6. The molecular weight excluding hydrogens is 386 g/mol. The molecule has 4 rings (SSSR count). The van der Waals surface area contributed by atoms with E-state index in [-0.39, 0.29) is 12.3 Å². The van der Waals surface area contributed by atoms with E-state index in [1.54, 1.807) is 24.3 Å². The Balaban J connectivity index is 1.35. The molecule has 0 radical (unpaired) electrons. The molecular formula is C22H17N3O5. The second-order valence-corrected chi connectivity index (χ2v) is 6.53. The van der Waals surface area contributed by atoms with Crippen LogP contribution in [0.2, 0.25) is 0 Å². The Labute approximate surface area is 171 Å². The molecule has 0 saturated carbocycles. The molecule has 1 aliphatic heterocycles. The van der Waals surface area contributed by atoms with Gasteiger partial charge in [-0.15, -0.1) is 0 Å². The van der Waals surface area contributed by atoms with Crippen molar-refractivity contribution < 1.29 is 19.2 Å². The molecule has 0 aromatic heterocycles. The lowest BCUT2D eigenvalue weighted by Gasteiger charge is -2.25. The third kappa shape index (κ3) is 4.27. The van der Waals surface area contributed by atoms with E-state index in [0.29, 0.717) is 17.1 Å². The third-order valence-electron chi connectivity index (χ3n) is 4.47. The fourth-order valence-corrected chi connectivity index (χ4v) is 3.00. The van der Waals surface area contributed by atoms with Gasteiger partial charge in [-0.25, -0.2) is 5.43 Å². The number of hydrogen-bond donors (Lipinski definition) is 1. The molecule has 30 heavy (non-hydrogen) atoms. The zero-order valence-electron chi connectivity index (χ0n) is 15.7. The maximum Gasteiger partial charge on any atom is 0.284 e. The van der Waals surface area contributed by atoms with Gasteiger partial charge in [0.05, 0.1) is 4.92 Å². The summed E-state index contributed by atoms with van der Waals surface area (Å²) in [5.41, 5.74) is 3.05. The maximum absolute atomic E-state index is 12.3. The SMILES string of the molecule is O=C(N/N=C\C=C/c1cccc([N+](=O)[O-])c1)[C@H]1COc2cc3ccccc3cc2O1. The minimum Gasteiger partial charge on any atom is -0.485 e. The van der Waals surface area contributed by atoms with Gasteiger partial charge in [0, 0.05) is 18.3 Å². The topological polar surface area (TPSA) is 103 Å². The Morgan fingerprint density at radius 3 is 2.63 bits per heavy atom. The van der Waals surface area contributed by atoms with E-state index < -0.39 is 16.9 Å². The molecule has 1 aliphatic rings. The van der Waals surface area contributed by atoms with Crippen LogP contribution in [0, 0.1) is 10.1 Å². The quantitative estimate of drug-likeness (QED) is 0.397. The number of rotatable bonds is 5. The van der Waals surface area contributed by atoms with E-state index in [4.69, 9.17) is 9.47 Å². The predicted molar refractivity (Wildman–Crippen MR) is 113 cm³/mol. The van der Waals surface area contributed by atoms with Gasteiger partial charge in [-0.1, -0.05) is 42.5 Å². The summed E-state index contributed by atoms with van der Waals surface area (Å²) in [6.45, 7) is 0.0796. The highest BCUT2D eigenvalue weighted by Gasteiger charge is 2.27. The summed E-state index contributed by atoms with van der Waals surface area (Å²) in [7, 11) is 0. The van der Waals surface area contributed by atoms with Gasteiger partial charge in [-0.2, -0.15) is 5.10 Å². The first kappa shape index (κ1) is 19.1. The Kier molecular flexibility index (Phi) is 5.38. The lowest BCUT2D eigenvalue weighted by molar-refractivity contribution is -0.384. The highest BCUT2D eigenvalue weighted by Crippen LogP contribution is 2.35. The summed E-state index contributed by atoms with van der Waals surface area (Å²) in [5, 5.41) is 16.6. The molecule has 8 nitrogen and oxygen atoms in total. The molecule has 0 unspecified atom stereocenters. The molecule has 1 atom stereocenters. The number of benzene rings is 3. The number of nitro benzene ring substituents is 1. The monoisotopic (exact) mass is 403 g/mol. The summed E-state index contributed by atoms with van der Waals surface area (Å²) < 4.78 is 11.4. The zero-order chi connectivity index (χ0) is 20.9. The van der Waals surface area contributed by atoms with E-state index in [0.717, 1.165) is 10.8 Å². The largest absolute Gasteiger partial charge is 0.485 e. The van der Waals surface area contributed by atoms with Crippen LogP contribution in [0.5, 0.6) is 11.5 Å². The van der Waals surface area contributed by atoms with Crippen LogP contribution in [0.3, 0.4) is 0 Å². The van der Waals surface area contributed by atoms with E-state index in [9.17, 15) is 14.9 Å². The summed E-state index contributed by atoms with van der Waals surface area (Å²) in [5.74, 6) is 0.671. The minimum atomic E-state index is -0.823. The van der Waals surface area contributed by atoms with E-state index >= 15 is 0 Å². The number of nitro groups is 1. The number of amides is 1. The Bertz CT molecular complexity index is 1170. The Morgan fingerprint density at radius 1 is 1.10 bits per heavy atom. The number of hydrazone groups is 1. The summed E-state index contributed by atoms with van der Waals surface area (Å²) >= 11 is 0. The Hall–Kier alpha value is -4.20. The first-order valence-electron chi connectivity index (χ1n) is 9.16. The van der Waals surface area contributed by atoms with Gasteiger partial charge in [-0.05, 0) is 34.5 Å². The standard InChI is InChI=1S/C22H17N3O5/c26-22(24-23-10-4-6-15-5-3-9-18(11-15)25(27)28)21-14-29-19-12-16-7-1-2-8-17(16)13-20(19)30-21/h1-13,21H,14H2,(H,24,26)/b6-4-,23-10-/t21-/m1/s1. The van der Waals surface area contributed by atoms with Gasteiger partial charge >= 0.3 is 0 Å². The number of non-ortho nitro benzene ring substituents is 1. The molecule has 3 aromatic carbocycles. The molecule has 0 saturated heterocycles. The summed E-state index contributed by atoms with van der Waals surface area (Å²) in [4.78, 5) is 22.6. The summed E-state index contributed by atoms with van der Waals surface area (Å²) in [6, 6.07) is 17.7. The highest BCUT2D eigenvalue weighted by molar-refractivity contribution is 5.87. The number of carbonyl (C=O) groups excluding carboxylic acids is 1. The molecule has 0 spiro atoms. The number of nitrogens with zero attached hydrogens (tertiary/aromatic N) is 2. The van der Waals surface area contributed by atoms with Gasteiger partial charge in [-0.3, -0.25) is 14.9 Å². The number of hydrogen-bond acceptors (Lipinski definition) is 6. The fourth-order valence-electron chi connectivity index (χ4n) is 3.00. The first-order valence-corrected chi connectivity index (χ1v) is 9.16. The molecule has 0 fully saturated rings. The van der Waals surface area contributed by atoms with Crippen LogP contribution in [0.4, 0.5) is 5.69 Å². The number of nitrogens with one attached hydrogen (secondary N) is 1. The maximum atomic E-state index is 12.3. The van der Waals surface area contributed by atoms with Crippen molar-refractivity contribution in [2.24, 2.45) is 5.10 Å². The predicted octanol–water partition coefficient (Wildman–Crippen LogP) is 3.70. The van der Waals surface area contributed by atoms with E-state index in [1.165, 1.54) is 18.3 Å². The van der Waals surface area contributed by atoms with Crippen molar-refractivity contribution in [2.75, 3.05) is 6.61 Å². The normalized spacial score (nSPS) is 15.5. The number of carbonyl (C=O) groups is 1. The molecule has 0 bridgehead atoms. The molecule has 1 N–H and O–H groups in total. The van der Waals surface area contributed by atoms with Crippen molar-refractivity contribution in [3.8, 4) is 11.5 Å². The van der Waals surface area contributed by atoms with Crippen molar-refractivity contribution >= 4 is 34.7 Å². The van der Waals surface area contributed by atoms with Crippen LogP contribution in [0.1, 0.15) is 5.56 Å². The van der Waals surface area contributed by atoms with Gasteiger partial charge in [0.15, 0.2) is 11.5 Å². The average Bonchev–Trinajstić information content (AvgIpc) is 2.77. The lowest BCUT2D eigenvalue weighted by Crippen LogP contribution is -2.42. The smallest absolute Gasteiger partial charge is 0.284 e. The lowest BCUT2D eigenvalue weighted by atomic mass is 10.1. The van der Waals surface area contributed by atoms with Gasteiger partial charge in [0.25, 0.3) is 11.6 Å². The molecule has 8 heteroatoms. The van der Waals surface area contributed by atoms with Crippen LogP contribution >= 0.6 is 0 Å². The van der Waals surface area contributed by atoms with Gasteiger partial charge < -0.3 is 9.47 Å². The molecule has 0 aliphatic carbocycles. The second kappa shape index (κ2) is 8.44. The van der Waals surface area contributed by atoms with Gasteiger partial charge in [0.1, 0.15) is 6.61 Å². The van der Waals surface area contributed by atoms with Crippen molar-refractivity contribution in [3.05, 3.63) is 82.4 Å². The molecule has 3 aromatic rings. The second-order valence-electron chi connectivity index (χ2n) is 6.53. The fraction of sp³-hybridized carbons (Fsp3) is 0.0909. The van der Waals surface area contributed by atoms with E-state index in [1.807, 2.05) is 36.4 Å². The van der Waals surface area contributed by atoms with Crippen molar-refractivity contribution in [1.29, 1.82) is 0 Å². The molecule has 150 valence electrons. The Morgan fingerprint density at radius 2 is 1.87 bits per heavy atom. The minimum absolute atomic E-state index is 0.00454. The van der Waals surface area contributed by atoms with Crippen LogP contribution in [0.15, 0.2) is 71.8 Å². The molecule has 1 heterocycles. The zero-order valence-corrected chi connectivity index (χ0v) is 15.7. The van der Waals surface area contributed by atoms with Crippen LogP contribution in [-0.2, 0) is 4.79 Å². The molecule has 1 amide bonds. The average molecular weight is 403 g/mol. The van der Waals surface area contributed by atoms with Crippen LogP contribution in [0.25, 0.3) is 16.8 Å². The van der Waals surface area contributed by atoms with Crippen molar-refractivity contribution in [2.45, 2.75) is 6.10 Å². The highest BCUT2D eigenvalue weighted by atomic mass is 16.6. The number of fused-ring (bicyclic) bond motifs is 2. The number of allylic oxidation sites excluding steroid dienone is 1. The van der Waals surface area contributed by atoms with Gasteiger partial charge in [0.2, 0.25) is 6.10 Å². The third-order valence-corrected chi connectivity index (χ3v) is 4.47. The van der Waals surface area contributed by atoms with Crippen LogP contribution in [-0.4, -0.2) is 29.8 Å². The van der Waals surface area contributed by atoms with E-state index in [2.05, 4.69) is 10.5 Å². The van der Waals surface area contributed by atoms with Crippen molar-refractivity contribution in [3.63, 3.8) is 0 Å². The number of ether oxygens (including phenoxy) is 2. The summed E-state index contributed by atoms with van der Waals surface area (Å²) in [6.07, 6.45) is 3.77. The van der Waals surface area contributed by atoms with Crippen LogP contribution < -0.4 is 14.9 Å². The van der Waals surface area contributed by atoms with Crippen molar-refractivity contribution in [1.82, 2.24) is 5.43 Å².